The Morgan fingerprint density at radius 1 is 1.50 bits per heavy atom. The van der Waals surface area contributed by atoms with Crippen molar-refractivity contribution in [2.75, 3.05) is 0 Å². The second-order valence-electron chi connectivity index (χ2n) is 5.36. The molecule has 1 aliphatic carbocycles. The fraction of sp³-hybridized carbons (Fsp3) is 0.692. The van der Waals surface area contributed by atoms with Crippen LogP contribution in [0.2, 0.25) is 0 Å². The van der Waals surface area contributed by atoms with Crippen molar-refractivity contribution in [3.05, 3.63) is 22.6 Å². The molecule has 0 radical (unpaired) electrons. The van der Waals surface area contributed by atoms with Crippen LogP contribution in [0.3, 0.4) is 0 Å². The molecule has 0 saturated heterocycles. The molecule has 1 aliphatic rings. The summed E-state index contributed by atoms with van der Waals surface area (Å²) in [5.74, 6) is 1.00. The molecule has 2 rings (SSSR count). The fourth-order valence-corrected chi connectivity index (χ4v) is 2.88. The van der Waals surface area contributed by atoms with Gasteiger partial charge in [0.15, 0.2) is 0 Å². The van der Waals surface area contributed by atoms with Crippen LogP contribution in [0.15, 0.2) is 21.2 Å². The standard InChI is InChI=1S/C13H20BrNO/c1-13(2)7-4-3-5-12(13)15-9-11-10(14)6-8-16-11/h6,8,12,15H,3-5,7,9H2,1-2H3. The van der Waals surface area contributed by atoms with Crippen LogP contribution in [0.1, 0.15) is 45.3 Å². The minimum absolute atomic E-state index is 0.414. The lowest BCUT2D eigenvalue weighted by Crippen LogP contribution is -2.43. The SMILES string of the molecule is CC1(C)CCCCC1NCc1occc1Br. The average Bonchev–Trinajstić information content (AvgIpc) is 2.62. The highest BCUT2D eigenvalue weighted by Gasteiger charge is 2.31. The molecule has 0 spiro atoms. The molecule has 1 fully saturated rings. The quantitative estimate of drug-likeness (QED) is 0.905. The van der Waals surface area contributed by atoms with Crippen LogP contribution in [0.4, 0.5) is 0 Å². The van der Waals surface area contributed by atoms with E-state index in [0.29, 0.717) is 11.5 Å². The summed E-state index contributed by atoms with van der Waals surface area (Å²) in [5.41, 5.74) is 0.414. The maximum Gasteiger partial charge on any atom is 0.131 e. The molecule has 1 aromatic rings. The molecule has 0 bridgehead atoms. The Hall–Kier alpha value is -0.280. The normalized spacial score (nSPS) is 24.6. The van der Waals surface area contributed by atoms with E-state index in [9.17, 15) is 0 Å². The number of halogens is 1. The second-order valence-corrected chi connectivity index (χ2v) is 6.21. The summed E-state index contributed by atoms with van der Waals surface area (Å²) in [5, 5.41) is 3.63. The van der Waals surface area contributed by atoms with Crippen LogP contribution in [-0.4, -0.2) is 6.04 Å². The lowest BCUT2D eigenvalue weighted by atomic mass is 9.73. The topological polar surface area (TPSA) is 25.2 Å². The lowest BCUT2D eigenvalue weighted by Gasteiger charge is -2.39. The number of rotatable bonds is 3. The zero-order valence-corrected chi connectivity index (χ0v) is 11.6. The van der Waals surface area contributed by atoms with Gasteiger partial charge < -0.3 is 9.73 Å². The third-order valence-corrected chi connectivity index (χ3v) is 4.41. The monoisotopic (exact) mass is 285 g/mol. The molecule has 90 valence electrons. The highest BCUT2D eigenvalue weighted by molar-refractivity contribution is 9.10. The van der Waals surface area contributed by atoms with Crippen LogP contribution in [0.25, 0.3) is 0 Å². The Kier molecular flexibility index (Phi) is 3.75. The molecule has 3 heteroatoms. The molecule has 1 atom stereocenters. The van der Waals surface area contributed by atoms with Crippen molar-refractivity contribution in [3.8, 4) is 0 Å². The van der Waals surface area contributed by atoms with E-state index in [1.165, 1.54) is 25.7 Å². The first-order chi connectivity index (χ1) is 7.59. The summed E-state index contributed by atoms with van der Waals surface area (Å²) in [7, 11) is 0. The molecule has 0 aromatic carbocycles. The highest BCUT2D eigenvalue weighted by Crippen LogP contribution is 2.35. The van der Waals surface area contributed by atoms with Gasteiger partial charge in [0.2, 0.25) is 0 Å². The molecular weight excluding hydrogens is 266 g/mol. The van der Waals surface area contributed by atoms with E-state index < -0.39 is 0 Å². The Balaban J connectivity index is 1.92. The number of hydrogen-bond acceptors (Lipinski definition) is 2. The van der Waals surface area contributed by atoms with Crippen LogP contribution in [0.5, 0.6) is 0 Å². The van der Waals surface area contributed by atoms with Crippen molar-refractivity contribution in [3.63, 3.8) is 0 Å². The number of hydrogen-bond donors (Lipinski definition) is 1. The van der Waals surface area contributed by atoms with E-state index >= 15 is 0 Å². The molecule has 0 aliphatic heterocycles. The second kappa shape index (κ2) is 4.92. The van der Waals surface area contributed by atoms with Gasteiger partial charge in [-0.2, -0.15) is 0 Å². The molecule has 1 heterocycles. The number of nitrogens with one attached hydrogen (secondary N) is 1. The van der Waals surface area contributed by atoms with Crippen molar-refractivity contribution in [1.82, 2.24) is 5.32 Å². The van der Waals surface area contributed by atoms with Gasteiger partial charge in [-0.3, -0.25) is 0 Å². The molecule has 0 amide bonds. The lowest BCUT2D eigenvalue weighted by molar-refractivity contribution is 0.164. The number of furan rings is 1. The molecule has 1 unspecified atom stereocenters. The minimum atomic E-state index is 0.414. The van der Waals surface area contributed by atoms with E-state index in [4.69, 9.17) is 4.42 Å². The zero-order valence-electron chi connectivity index (χ0n) is 10.1. The third kappa shape index (κ3) is 2.69. The minimum Gasteiger partial charge on any atom is -0.467 e. The molecule has 1 aromatic heterocycles. The first-order valence-corrected chi connectivity index (χ1v) is 6.84. The van der Waals surface area contributed by atoms with Gasteiger partial charge >= 0.3 is 0 Å². The first-order valence-electron chi connectivity index (χ1n) is 6.05. The third-order valence-electron chi connectivity index (χ3n) is 3.71. The zero-order chi connectivity index (χ0) is 11.6. The van der Waals surface area contributed by atoms with Crippen molar-refractivity contribution in [1.29, 1.82) is 0 Å². The Morgan fingerprint density at radius 2 is 2.31 bits per heavy atom. The molecule has 16 heavy (non-hydrogen) atoms. The first kappa shape index (κ1) is 12.2. The van der Waals surface area contributed by atoms with Gasteiger partial charge in [-0.15, -0.1) is 0 Å². The van der Waals surface area contributed by atoms with Gasteiger partial charge in [0, 0.05) is 6.04 Å². The van der Waals surface area contributed by atoms with Crippen molar-refractivity contribution in [2.24, 2.45) is 5.41 Å². The van der Waals surface area contributed by atoms with Crippen LogP contribution < -0.4 is 5.32 Å². The van der Waals surface area contributed by atoms with E-state index in [0.717, 1.165) is 16.8 Å². The summed E-state index contributed by atoms with van der Waals surface area (Å²) < 4.78 is 6.48. The van der Waals surface area contributed by atoms with Crippen LogP contribution in [-0.2, 0) is 6.54 Å². The summed E-state index contributed by atoms with van der Waals surface area (Å²) in [6.07, 6.45) is 7.05. The maximum absolute atomic E-state index is 5.41. The summed E-state index contributed by atoms with van der Waals surface area (Å²) in [4.78, 5) is 0. The maximum atomic E-state index is 5.41. The van der Waals surface area contributed by atoms with Crippen molar-refractivity contribution in [2.45, 2.75) is 52.1 Å². The van der Waals surface area contributed by atoms with Gasteiger partial charge in [-0.1, -0.05) is 26.7 Å². The predicted molar refractivity (Wildman–Crippen MR) is 69.3 cm³/mol. The fourth-order valence-electron chi connectivity index (χ4n) is 2.54. The molecule has 1 N–H and O–H groups in total. The van der Waals surface area contributed by atoms with Gasteiger partial charge in [0.25, 0.3) is 0 Å². The van der Waals surface area contributed by atoms with Gasteiger partial charge in [0.05, 0.1) is 17.3 Å². The summed E-state index contributed by atoms with van der Waals surface area (Å²) in [6.45, 7) is 5.55. The Bertz CT molecular complexity index is 345. The van der Waals surface area contributed by atoms with Crippen molar-refractivity contribution < 1.29 is 4.42 Å². The molecule has 2 nitrogen and oxygen atoms in total. The summed E-state index contributed by atoms with van der Waals surface area (Å²) >= 11 is 3.49. The van der Waals surface area contributed by atoms with Crippen molar-refractivity contribution >= 4 is 15.9 Å². The highest BCUT2D eigenvalue weighted by atomic mass is 79.9. The molecular formula is C13H20BrNO. The summed E-state index contributed by atoms with van der Waals surface area (Å²) in [6, 6.07) is 2.56. The van der Waals surface area contributed by atoms with E-state index in [2.05, 4.69) is 35.1 Å². The predicted octanol–water partition coefficient (Wildman–Crippen LogP) is 4.10. The van der Waals surface area contributed by atoms with E-state index in [-0.39, 0.29) is 0 Å². The van der Waals surface area contributed by atoms with Gasteiger partial charge in [-0.05, 0) is 40.3 Å². The van der Waals surface area contributed by atoms with Crippen LogP contribution >= 0.6 is 15.9 Å². The van der Waals surface area contributed by atoms with Gasteiger partial charge in [-0.25, -0.2) is 0 Å². The smallest absolute Gasteiger partial charge is 0.131 e. The van der Waals surface area contributed by atoms with E-state index in [1.807, 2.05) is 6.07 Å². The molecule has 1 saturated carbocycles. The van der Waals surface area contributed by atoms with E-state index in [1.54, 1.807) is 6.26 Å². The van der Waals surface area contributed by atoms with Crippen LogP contribution in [0, 0.1) is 5.41 Å². The Labute approximate surface area is 106 Å². The van der Waals surface area contributed by atoms with Gasteiger partial charge in [0.1, 0.15) is 5.76 Å². The largest absolute Gasteiger partial charge is 0.467 e. The Morgan fingerprint density at radius 3 is 2.94 bits per heavy atom. The average molecular weight is 286 g/mol.